The van der Waals surface area contributed by atoms with Crippen molar-refractivity contribution in [2.24, 2.45) is 0 Å². The number of benzene rings is 1. The summed E-state index contributed by atoms with van der Waals surface area (Å²) in [7, 11) is 0. The van der Waals surface area contributed by atoms with Crippen molar-refractivity contribution >= 4 is 22.5 Å². The topological polar surface area (TPSA) is 92.4 Å². The van der Waals surface area contributed by atoms with Crippen molar-refractivity contribution < 1.29 is 44.3 Å². The molecule has 0 aliphatic carbocycles. The average Bonchev–Trinajstić information content (AvgIpc) is 3.54. The molecule has 47 heavy (non-hydrogen) atoms. The van der Waals surface area contributed by atoms with Gasteiger partial charge in [-0.15, -0.1) is 0 Å². The highest BCUT2D eigenvalue weighted by Gasteiger charge is 2.46. The number of halogens is 9. The lowest BCUT2D eigenvalue weighted by atomic mass is 9.94. The van der Waals surface area contributed by atoms with Crippen LogP contribution in [0.3, 0.4) is 0 Å². The predicted octanol–water partition coefficient (Wildman–Crippen LogP) is 6.32. The van der Waals surface area contributed by atoms with Crippen LogP contribution in [0.15, 0.2) is 24.3 Å². The molecule has 0 amide bonds. The molecule has 8 nitrogen and oxygen atoms in total. The second kappa shape index (κ2) is 12.0. The molecule has 3 aliphatic heterocycles. The molecule has 0 saturated carbocycles. The molecule has 3 fully saturated rings. The van der Waals surface area contributed by atoms with Gasteiger partial charge < -0.3 is 20.7 Å². The molecule has 0 bridgehead atoms. The van der Waals surface area contributed by atoms with Crippen molar-refractivity contribution in [1.29, 1.82) is 0 Å². The monoisotopic (exact) mass is 675 g/mol. The third kappa shape index (κ3) is 6.26. The lowest BCUT2D eigenvalue weighted by Crippen LogP contribution is -2.50. The fourth-order valence-corrected chi connectivity index (χ4v) is 7.08. The average molecular weight is 676 g/mol. The van der Waals surface area contributed by atoms with Crippen LogP contribution in [0, 0.1) is 12.7 Å². The first kappa shape index (κ1) is 33.1. The van der Waals surface area contributed by atoms with Crippen molar-refractivity contribution in [3.8, 4) is 17.3 Å². The number of hydrogen-bond donors (Lipinski definition) is 2. The Labute approximate surface area is 262 Å². The summed E-state index contributed by atoms with van der Waals surface area (Å²) in [6, 6.07) is -0.0629. The molecule has 0 spiro atoms. The van der Waals surface area contributed by atoms with Crippen LogP contribution in [0.2, 0.25) is 0 Å². The first-order valence-electron chi connectivity index (χ1n) is 14.9. The van der Waals surface area contributed by atoms with Crippen LogP contribution < -0.4 is 20.7 Å². The van der Waals surface area contributed by atoms with Gasteiger partial charge in [0.2, 0.25) is 0 Å². The minimum absolute atomic E-state index is 0.0699. The van der Waals surface area contributed by atoms with Gasteiger partial charge >= 0.3 is 18.4 Å². The quantitative estimate of drug-likeness (QED) is 0.294. The van der Waals surface area contributed by atoms with Crippen LogP contribution in [0.1, 0.15) is 42.4 Å². The van der Waals surface area contributed by atoms with E-state index in [9.17, 15) is 35.1 Å². The summed E-state index contributed by atoms with van der Waals surface area (Å²) in [6.07, 6.45) is -8.51. The van der Waals surface area contributed by atoms with Crippen LogP contribution in [0.25, 0.3) is 22.2 Å². The zero-order valence-corrected chi connectivity index (χ0v) is 25.0. The van der Waals surface area contributed by atoms with Gasteiger partial charge in [-0.1, -0.05) is 0 Å². The smallest absolute Gasteiger partial charge is 0.418 e. The lowest BCUT2D eigenvalue weighted by Gasteiger charge is -2.34. The number of nitrogens with two attached hydrogens (primary N) is 1. The van der Waals surface area contributed by atoms with E-state index in [0.29, 0.717) is 12.1 Å². The highest BCUT2D eigenvalue weighted by Crippen LogP contribution is 2.47. The Morgan fingerprint density at radius 3 is 2.38 bits per heavy atom. The standard InChI is InChI=1S/C30H30F9N7O/c1-15-10-20(40)42-25(22(15)30(37,38)39)21-18(29(34,35)36)12-17-24(23(21)33)43-27(47-14-28-4-2-7-46(28)8-3-5-28)44-26(17)45-9-6-41-16(13-45)11-19(31)32/h10-12,16,41H,2-9,13-14H2,1H3,(H2,40,42). The zero-order valence-electron chi connectivity index (χ0n) is 25.0. The van der Waals surface area contributed by atoms with Crippen LogP contribution in [0.4, 0.5) is 51.1 Å². The summed E-state index contributed by atoms with van der Waals surface area (Å²) >= 11 is 0. The number of nitrogen functional groups attached to an aromatic ring is 1. The molecule has 1 atom stereocenters. The van der Waals surface area contributed by atoms with Gasteiger partial charge in [0.05, 0.1) is 27.9 Å². The molecular formula is C30H30F9N7O. The normalized spacial score (nSPS) is 20.1. The fourth-order valence-electron chi connectivity index (χ4n) is 7.08. The van der Waals surface area contributed by atoms with E-state index in [1.165, 1.54) is 4.90 Å². The molecule has 0 radical (unpaired) electrons. The second-order valence-electron chi connectivity index (χ2n) is 12.1. The summed E-state index contributed by atoms with van der Waals surface area (Å²) in [5, 5.41) is 2.36. The Morgan fingerprint density at radius 1 is 1.04 bits per heavy atom. The summed E-state index contributed by atoms with van der Waals surface area (Å²) in [4.78, 5) is 15.7. The number of piperazine rings is 1. The first-order valence-corrected chi connectivity index (χ1v) is 14.9. The molecule has 2 aromatic heterocycles. The maximum Gasteiger partial charge on any atom is 0.418 e. The molecule has 3 saturated heterocycles. The fraction of sp³-hybridized carbons (Fsp3) is 0.500. The number of nitrogens with zero attached hydrogens (tertiary/aromatic N) is 5. The first-order chi connectivity index (χ1) is 22.1. The maximum atomic E-state index is 16.7. The van der Waals surface area contributed by atoms with E-state index in [2.05, 4.69) is 25.2 Å². The number of aromatic nitrogens is 3. The van der Waals surface area contributed by atoms with E-state index < -0.39 is 81.0 Å². The number of anilines is 2. The number of alkyl halides is 6. The van der Waals surface area contributed by atoms with E-state index in [1.54, 1.807) is 0 Å². The second-order valence-corrected chi connectivity index (χ2v) is 12.1. The van der Waals surface area contributed by atoms with Gasteiger partial charge in [0.15, 0.2) is 5.82 Å². The Balaban J connectivity index is 1.58. The molecule has 1 unspecified atom stereocenters. The lowest BCUT2D eigenvalue weighted by molar-refractivity contribution is -0.139. The van der Waals surface area contributed by atoms with E-state index in [0.717, 1.165) is 51.8 Å². The largest absolute Gasteiger partial charge is 0.461 e. The Hall–Kier alpha value is -3.86. The van der Waals surface area contributed by atoms with Gasteiger partial charge in [-0.2, -0.15) is 45.1 Å². The van der Waals surface area contributed by atoms with E-state index >= 15 is 4.39 Å². The van der Waals surface area contributed by atoms with Crippen molar-refractivity contribution in [1.82, 2.24) is 25.2 Å². The third-order valence-electron chi connectivity index (χ3n) is 9.07. The molecule has 1 aromatic carbocycles. The number of pyridine rings is 1. The number of aryl methyl sites for hydroxylation is 1. The predicted molar refractivity (Wildman–Crippen MR) is 154 cm³/mol. The minimum atomic E-state index is -5.38. The van der Waals surface area contributed by atoms with E-state index in [1.807, 2.05) is 0 Å². The van der Waals surface area contributed by atoms with Crippen LogP contribution in [-0.2, 0) is 12.4 Å². The van der Waals surface area contributed by atoms with Crippen molar-refractivity contribution in [3.63, 3.8) is 0 Å². The van der Waals surface area contributed by atoms with Gasteiger partial charge in [0.1, 0.15) is 23.8 Å². The summed E-state index contributed by atoms with van der Waals surface area (Å²) in [5.74, 6) is -2.54. The van der Waals surface area contributed by atoms with Crippen molar-refractivity contribution in [3.05, 3.63) is 46.8 Å². The van der Waals surface area contributed by atoms with Crippen LogP contribution in [-0.4, -0.2) is 70.8 Å². The van der Waals surface area contributed by atoms with Gasteiger partial charge in [-0.3, -0.25) is 4.90 Å². The van der Waals surface area contributed by atoms with Gasteiger partial charge in [0, 0.05) is 31.1 Å². The third-order valence-corrected chi connectivity index (χ3v) is 9.07. The highest BCUT2D eigenvalue weighted by molar-refractivity contribution is 5.95. The van der Waals surface area contributed by atoms with Gasteiger partial charge in [-0.05, 0) is 69.5 Å². The van der Waals surface area contributed by atoms with E-state index in [4.69, 9.17) is 10.5 Å². The summed E-state index contributed by atoms with van der Waals surface area (Å²) < 4.78 is 136. The molecule has 3 aromatic rings. The van der Waals surface area contributed by atoms with E-state index in [-0.39, 0.29) is 37.6 Å². The molecule has 3 aliphatic rings. The highest BCUT2D eigenvalue weighted by atomic mass is 19.4. The molecule has 17 heteroatoms. The van der Waals surface area contributed by atoms with Gasteiger partial charge in [-0.25, -0.2) is 9.37 Å². The van der Waals surface area contributed by atoms with Crippen molar-refractivity contribution in [2.45, 2.75) is 56.5 Å². The number of nitrogens with one attached hydrogen (secondary N) is 1. The SMILES string of the molecule is Cc1cc(N)nc(-c2c(C(F)(F)F)cc3c(N4CCNC(C=C(F)F)C4)nc(OCC45CCCN4CCC5)nc3c2F)c1C(F)(F)F. The number of hydrogen-bond acceptors (Lipinski definition) is 8. The molecular weight excluding hydrogens is 645 g/mol. The minimum Gasteiger partial charge on any atom is -0.461 e. The number of rotatable bonds is 6. The molecule has 6 rings (SSSR count). The van der Waals surface area contributed by atoms with Crippen molar-refractivity contribution in [2.75, 3.05) is 50.0 Å². The number of ether oxygens (including phenoxy) is 1. The molecule has 254 valence electrons. The van der Waals surface area contributed by atoms with Gasteiger partial charge in [0.25, 0.3) is 6.08 Å². The Bertz CT molecular complexity index is 1710. The molecule has 3 N–H and O–H groups in total. The zero-order chi connectivity index (χ0) is 33.9. The van der Waals surface area contributed by atoms with Crippen LogP contribution >= 0.6 is 0 Å². The Kier molecular flexibility index (Phi) is 8.43. The number of fused-ring (bicyclic) bond motifs is 2. The summed E-state index contributed by atoms with van der Waals surface area (Å²) in [6.45, 7) is 2.75. The Morgan fingerprint density at radius 2 is 1.74 bits per heavy atom. The van der Waals surface area contributed by atoms with Crippen LogP contribution in [0.5, 0.6) is 6.01 Å². The maximum absolute atomic E-state index is 16.7. The molecule has 5 heterocycles. The summed E-state index contributed by atoms with van der Waals surface area (Å²) in [5.41, 5.74) is -2.17.